The molecule has 0 aromatic carbocycles. The molecule has 7 heteroatoms. The summed E-state index contributed by atoms with van der Waals surface area (Å²) < 4.78 is 16.2. The van der Waals surface area contributed by atoms with Gasteiger partial charge >= 0.3 is 11.9 Å². The summed E-state index contributed by atoms with van der Waals surface area (Å²) in [7, 11) is 0. The molecule has 2 N–H and O–H groups in total. The van der Waals surface area contributed by atoms with Gasteiger partial charge in [0.2, 0.25) is 0 Å². The summed E-state index contributed by atoms with van der Waals surface area (Å²) in [6.45, 7) is 3.59. The van der Waals surface area contributed by atoms with Crippen LogP contribution in [-0.2, 0) is 19.1 Å². The van der Waals surface area contributed by atoms with Gasteiger partial charge in [0.25, 0.3) is 0 Å². The number of hydrogen-bond donors (Lipinski definition) is 2. The van der Waals surface area contributed by atoms with E-state index < -0.39 is 52.6 Å². The van der Waals surface area contributed by atoms with Crippen LogP contribution in [0, 0.1) is 16.7 Å². The average molecular weight is 372 g/mol. The third-order valence-corrected chi connectivity index (χ3v) is 7.11. The Morgan fingerprint density at radius 3 is 2.67 bits per heavy atom. The van der Waals surface area contributed by atoms with Crippen LogP contribution in [0.1, 0.15) is 31.9 Å². The molecule has 27 heavy (non-hydrogen) atoms. The molecule has 2 aliphatic carbocycles. The fourth-order valence-corrected chi connectivity index (χ4v) is 5.64. The maximum Gasteiger partial charge on any atom is 0.343 e. The van der Waals surface area contributed by atoms with E-state index in [4.69, 9.17) is 13.9 Å². The van der Waals surface area contributed by atoms with Gasteiger partial charge in [0.15, 0.2) is 5.60 Å². The maximum absolute atomic E-state index is 12.8. The van der Waals surface area contributed by atoms with Crippen LogP contribution in [0.5, 0.6) is 0 Å². The Balaban J connectivity index is 1.69. The van der Waals surface area contributed by atoms with E-state index in [0.29, 0.717) is 12.0 Å². The Hall–Kier alpha value is -2.38. The zero-order valence-electron chi connectivity index (χ0n) is 14.9. The second kappa shape index (κ2) is 4.91. The molecule has 2 saturated heterocycles. The maximum atomic E-state index is 12.8. The van der Waals surface area contributed by atoms with Gasteiger partial charge < -0.3 is 24.1 Å². The van der Waals surface area contributed by atoms with Crippen molar-refractivity contribution in [3.8, 4) is 0 Å². The van der Waals surface area contributed by atoms with Crippen molar-refractivity contribution < 1.29 is 33.7 Å². The van der Waals surface area contributed by atoms with E-state index in [1.54, 1.807) is 19.1 Å². The first-order chi connectivity index (χ1) is 12.7. The molecule has 0 saturated carbocycles. The molecule has 0 radical (unpaired) electrons. The molecular weight excluding hydrogens is 352 g/mol. The van der Waals surface area contributed by atoms with Crippen LogP contribution in [0.25, 0.3) is 0 Å². The predicted octanol–water partition coefficient (Wildman–Crippen LogP) is 1.42. The molecule has 5 aliphatic rings. The molecule has 4 heterocycles. The van der Waals surface area contributed by atoms with Gasteiger partial charge in [0.1, 0.15) is 12.2 Å². The van der Waals surface area contributed by atoms with Gasteiger partial charge in [-0.2, -0.15) is 0 Å². The van der Waals surface area contributed by atoms with E-state index in [1.807, 2.05) is 6.92 Å². The second-order valence-corrected chi connectivity index (χ2v) is 8.35. The predicted molar refractivity (Wildman–Crippen MR) is 89.9 cm³/mol. The lowest BCUT2D eigenvalue weighted by molar-refractivity contribution is -0.250. The SMILES string of the molecule is C[C@@]12CC(c3ccoc3)OC(=O)C1=CC(O)[C@]1(C)[C@H]2[C@H]2C=C[C@]1(O)C(=O)O2. The van der Waals surface area contributed by atoms with Crippen LogP contribution in [0.2, 0.25) is 0 Å². The van der Waals surface area contributed by atoms with Gasteiger partial charge in [0, 0.05) is 27.9 Å². The molecule has 1 aromatic heterocycles. The fourth-order valence-electron chi connectivity index (χ4n) is 5.64. The van der Waals surface area contributed by atoms with E-state index >= 15 is 0 Å². The number of ether oxygens (including phenoxy) is 2. The highest BCUT2D eigenvalue weighted by atomic mass is 16.6. The van der Waals surface area contributed by atoms with Crippen LogP contribution >= 0.6 is 0 Å². The molecule has 3 aliphatic heterocycles. The molecule has 2 fully saturated rings. The van der Waals surface area contributed by atoms with Crippen molar-refractivity contribution >= 4 is 11.9 Å². The van der Waals surface area contributed by atoms with Crippen molar-refractivity contribution in [1.82, 2.24) is 0 Å². The van der Waals surface area contributed by atoms with Crippen molar-refractivity contribution in [1.29, 1.82) is 0 Å². The Morgan fingerprint density at radius 1 is 1.22 bits per heavy atom. The first kappa shape index (κ1) is 16.8. The molecule has 2 unspecified atom stereocenters. The van der Waals surface area contributed by atoms with Crippen molar-refractivity contribution in [3.05, 3.63) is 48.0 Å². The summed E-state index contributed by atoms with van der Waals surface area (Å²) in [6, 6.07) is 1.74. The van der Waals surface area contributed by atoms with Crippen LogP contribution in [0.4, 0.5) is 0 Å². The number of hydrogen-bond acceptors (Lipinski definition) is 7. The largest absolute Gasteiger partial charge is 0.472 e. The Labute approximate surface area is 155 Å². The number of rotatable bonds is 1. The van der Waals surface area contributed by atoms with Gasteiger partial charge in [-0.15, -0.1) is 0 Å². The van der Waals surface area contributed by atoms with Crippen LogP contribution in [-0.4, -0.2) is 40.0 Å². The van der Waals surface area contributed by atoms with E-state index in [1.165, 1.54) is 24.7 Å². The zero-order valence-corrected chi connectivity index (χ0v) is 14.9. The number of esters is 2. The highest BCUT2D eigenvalue weighted by Crippen LogP contribution is 2.65. The fraction of sp³-hybridized carbons (Fsp3) is 0.500. The number of cyclic esters (lactones) is 1. The number of furan rings is 1. The Bertz CT molecular complexity index is 899. The minimum Gasteiger partial charge on any atom is -0.472 e. The van der Waals surface area contributed by atoms with Crippen LogP contribution in [0.3, 0.4) is 0 Å². The molecule has 1 aromatic rings. The number of aliphatic hydroxyl groups is 2. The van der Waals surface area contributed by atoms with E-state index in [0.717, 1.165) is 5.56 Å². The summed E-state index contributed by atoms with van der Waals surface area (Å²) >= 11 is 0. The molecule has 2 bridgehead atoms. The second-order valence-electron chi connectivity index (χ2n) is 8.35. The lowest BCUT2D eigenvalue weighted by Crippen LogP contribution is -2.74. The molecule has 0 spiro atoms. The Morgan fingerprint density at radius 2 is 2.00 bits per heavy atom. The summed E-state index contributed by atoms with van der Waals surface area (Å²) in [4.78, 5) is 25.2. The third kappa shape index (κ3) is 1.79. The van der Waals surface area contributed by atoms with Gasteiger partial charge in [-0.05, 0) is 30.7 Å². The lowest BCUT2D eigenvalue weighted by atomic mass is 9.44. The average Bonchev–Trinajstić information content (AvgIpc) is 3.14. The normalized spacial score (nSPS) is 47.6. The van der Waals surface area contributed by atoms with Gasteiger partial charge in [-0.25, -0.2) is 9.59 Å². The van der Waals surface area contributed by atoms with Gasteiger partial charge in [0.05, 0.1) is 18.6 Å². The zero-order chi connectivity index (χ0) is 19.2. The first-order valence-electron chi connectivity index (χ1n) is 8.98. The number of aliphatic hydroxyl groups excluding tert-OH is 1. The highest BCUT2D eigenvalue weighted by Gasteiger charge is 2.73. The number of carbonyl (C=O) groups excluding carboxylic acids is 2. The molecule has 7 nitrogen and oxygen atoms in total. The summed E-state index contributed by atoms with van der Waals surface area (Å²) in [5.41, 5.74) is -2.85. The van der Waals surface area contributed by atoms with Crippen molar-refractivity contribution in [2.24, 2.45) is 16.7 Å². The van der Waals surface area contributed by atoms with Crippen molar-refractivity contribution in [3.63, 3.8) is 0 Å². The molecule has 7 atom stereocenters. The van der Waals surface area contributed by atoms with E-state index in [9.17, 15) is 19.8 Å². The van der Waals surface area contributed by atoms with Gasteiger partial charge in [-0.3, -0.25) is 0 Å². The highest BCUT2D eigenvalue weighted by molar-refractivity contribution is 5.93. The Kier molecular flexibility index (Phi) is 3.05. The number of fused-ring (bicyclic) bond motifs is 2. The molecule has 142 valence electrons. The van der Waals surface area contributed by atoms with Crippen molar-refractivity contribution in [2.45, 2.75) is 44.2 Å². The van der Waals surface area contributed by atoms with Crippen LogP contribution < -0.4 is 0 Å². The summed E-state index contributed by atoms with van der Waals surface area (Å²) in [5.74, 6) is -1.77. The van der Waals surface area contributed by atoms with E-state index in [2.05, 4.69) is 0 Å². The quantitative estimate of drug-likeness (QED) is 0.567. The molecule has 0 amide bonds. The standard InChI is InChI=1S/C20H20O7/c1-18-8-13(10-4-6-25-9-10)26-16(22)11(18)7-14(21)19(2)15(18)12-3-5-20(19,24)17(23)27-12/h3-7,9,12-15,21,24H,8H2,1-2H3/t12-,13?,14?,15+,18-,19-,20+/m1/s1. The lowest BCUT2D eigenvalue weighted by Gasteiger charge is -2.64. The van der Waals surface area contributed by atoms with E-state index in [-0.39, 0.29) is 0 Å². The minimum absolute atomic E-state index is 0.359. The molecular formula is C20H20O7. The number of carbonyl (C=O) groups is 2. The monoisotopic (exact) mass is 372 g/mol. The van der Waals surface area contributed by atoms with Gasteiger partial charge in [-0.1, -0.05) is 13.8 Å². The van der Waals surface area contributed by atoms with Crippen LogP contribution in [0.15, 0.2) is 46.8 Å². The van der Waals surface area contributed by atoms with Crippen molar-refractivity contribution in [2.75, 3.05) is 0 Å². The minimum atomic E-state index is -1.95. The summed E-state index contributed by atoms with van der Waals surface area (Å²) in [6.07, 6.45) is 5.62. The topological polar surface area (TPSA) is 106 Å². The third-order valence-electron chi connectivity index (χ3n) is 7.11. The molecule has 6 rings (SSSR count). The summed E-state index contributed by atoms with van der Waals surface area (Å²) in [5, 5.41) is 22.0. The smallest absolute Gasteiger partial charge is 0.343 e. The first-order valence-corrected chi connectivity index (χ1v) is 8.98.